The van der Waals surface area contributed by atoms with Gasteiger partial charge in [-0.3, -0.25) is 14.5 Å². The minimum atomic E-state index is -0.319. The molecule has 2 amide bonds. The number of hydrogen-bond acceptors (Lipinski definition) is 4. The van der Waals surface area contributed by atoms with Crippen molar-refractivity contribution < 1.29 is 14.3 Å². The van der Waals surface area contributed by atoms with E-state index in [-0.39, 0.29) is 24.5 Å². The fraction of sp³-hybridized carbons (Fsp3) is 0.333. The first-order valence-corrected chi connectivity index (χ1v) is 9.92. The molecule has 0 bridgehead atoms. The van der Waals surface area contributed by atoms with Crippen molar-refractivity contribution >= 4 is 23.1 Å². The zero-order chi connectivity index (χ0) is 21.1. The maximum Gasteiger partial charge on any atom is 0.278 e. The Kier molecular flexibility index (Phi) is 6.18. The largest absolute Gasteiger partial charge is 0.377 e. The van der Waals surface area contributed by atoms with E-state index < -0.39 is 0 Å². The summed E-state index contributed by atoms with van der Waals surface area (Å²) in [6.45, 7) is 10.3. The Hall–Kier alpha value is -2.92. The van der Waals surface area contributed by atoms with Crippen LogP contribution in [0, 0.1) is 20.8 Å². The molecule has 1 N–H and O–H groups in total. The summed E-state index contributed by atoms with van der Waals surface area (Å²) in [4.78, 5) is 27.7. The van der Waals surface area contributed by atoms with Crippen molar-refractivity contribution in [1.82, 2.24) is 4.90 Å². The van der Waals surface area contributed by atoms with E-state index in [9.17, 15) is 9.59 Å². The van der Waals surface area contributed by atoms with Gasteiger partial charge in [0.1, 0.15) is 5.70 Å². The van der Waals surface area contributed by atoms with Crippen LogP contribution in [0.5, 0.6) is 0 Å². The Labute approximate surface area is 172 Å². The molecule has 29 heavy (non-hydrogen) atoms. The minimum absolute atomic E-state index is 0.0409. The van der Waals surface area contributed by atoms with Crippen molar-refractivity contribution in [1.29, 1.82) is 0 Å². The van der Waals surface area contributed by atoms with Gasteiger partial charge in [-0.2, -0.15) is 0 Å². The van der Waals surface area contributed by atoms with Gasteiger partial charge in [-0.1, -0.05) is 42.0 Å². The summed E-state index contributed by atoms with van der Waals surface area (Å²) in [6, 6.07) is 13.6. The zero-order valence-corrected chi connectivity index (χ0v) is 17.7. The SMILES string of the molecule is Cc1ccc(C2=C(Nc3ccccc3C)C(=O)N(CCOC(C)C)C2=O)c(C)c1. The van der Waals surface area contributed by atoms with Gasteiger partial charge >= 0.3 is 0 Å². The molecule has 5 heteroatoms. The van der Waals surface area contributed by atoms with E-state index in [1.165, 1.54) is 4.90 Å². The number of nitrogens with one attached hydrogen (secondary N) is 1. The number of nitrogens with zero attached hydrogens (tertiary/aromatic N) is 1. The average Bonchev–Trinajstić information content (AvgIpc) is 2.88. The van der Waals surface area contributed by atoms with E-state index in [4.69, 9.17) is 4.74 Å². The second-order valence-electron chi connectivity index (χ2n) is 7.69. The number of rotatable bonds is 7. The molecule has 0 saturated carbocycles. The molecule has 2 aromatic rings. The Bertz CT molecular complexity index is 976. The number of anilines is 1. The number of para-hydroxylation sites is 1. The van der Waals surface area contributed by atoms with E-state index in [1.54, 1.807) is 0 Å². The molecule has 152 valence electrons. The van der Waals surface area contributed by atoms with E-state index in [2.05, 4.69) is 5.32 Å². The van der Waals surface area contributed by atoms with Gasteiger partial charge in [0, 0.05) is 5.69 Å². The Morgan fingerprint density at radius 2 is 1.69 bits per heavy atom. The van der Waals surface area contributed by atoms with Crippen molar-refractivity contribution in [3.8, 4) is 0 Å². The van der Waals surface area contributed by atoms with Crippen LogP contribution in [-0.2, 0) is 14.3 Å². The molecule has 5 nitrogen and oxygen atoms in total. The normalized spacial score (nSPS) is 14.3. The Morgan fingerprint density at radius 3 is 2.34 bits per heavy atom. The van der Waals surface area contributed by atoms with Crippen LogP contribution >= 0.6 is 0 Å². The van der Waals surface area contributed by atoms with Crippen LogP contribution < -0.4 is 5.32 Å². The van der Waals surface area contributed by atoms with Crippen LogP contribution in [0.15, 0.2) is 48.2 Å². The first-order chi connectivity index (χ1) is 13.8. The maximum absolute atomic E-state index is 13.3. The fourth-order valence-electron chi connectivity index (χ4n) is 3.47. The van der Waals surface area contributed by atoms with Crippen LogP contribution in [0.4, 0.5) is 5.69 Å². The fourth-order valence-corrected chi connectivity index (χ4v) is 3.47. The number of imide groups is 1. The molecule has 1 aliphatic rings. The molecule has 1 heterocycles. The second-order valence-corrected chi connectivity index (χ2v) is 7.69. The molecule has 3 rings (SSSR count). The molecule has 0 aliphatic carbocycles. The Balaban J connectivity index is 2.03. The van der Waals surface area contributed by atoms with Crippen LogP contribution in [-0.4, -0.2) is 36.0 Å². The first kappa shape index (κ1) is 20.8. The van der Waals surface area contributed by atoms with E-state index in [0.29, 0.717) is 17.9 Å². The molecule has 0 spiro atoms. The molecule has 0 fully saturated rings. The summed E-state index contributed by atoms with van der Waals surface area (Å²) < 4.78 is 5.57. The highest BCUT2D eigenvalue weighted by molar-refractivity contribution is 6.36. The number of benzene rings is 2. The molecule has 0 aromatic heterocycles. The van der Waals surface area contributed by atoms with Gasteiger partial charge in [0.25, 0.3) is 11.8 Å². The molecule has 0 radical (unpaired) electrons. The summed E-state index contributed by atoms with van der Waals surface area (Å²) in [7, 11) is 0. The third kappa shape index (κ3) is 4.40. The molecule has 1 aliphatic heterocycles. The van der Waals surface area contributed by atoms with E-state index in [0.717, 1.165) is 27.9 Å². The van der Waals surface area contributed by atoms with E-state index in [1.807, 2.05) is 77.1 Å². The predicted octanol–water partition coefficient (Wildman–Crippen LogP) is 4.23. The highest BCUT2D eigenvalue weighted by atomic mass is 16.5. The van der Waals surface area contributed by atoms with Crippen molar-refractivity contribution in [3.05, 3.63) is 70.4 Å². The van der Waals surface area contributed by atoms with Crippen LogP contribution in [0.1, 0.15) is 36.1 Å². The second kappa shape index (κ2) is 8.62. The molecular formula is C24H28N2O3. The number of carbonyl (C=O) groups is 2. The van der Waals surface area contributed by atoms with Gasteiger partial charge in [0.05, 0.1) is 24.8 Å². The quantitative estimate of drug-likeness (QED) is 0.717. The molecule has 0 atom stereocenters. The van der Waals surface area contributed by atoms with Gasteiger partial charge in [0.2, 0.25) is 0 Å². The number of aryl methyl sites for hydroxylation is 3. The number of amides is 2. The monoisotopic (exact) mass is 392 g/mol. The minimum Gasteiger partial charge on any atom is -0.377 e. The van der Waals surface area contributed by atoms with Gasteiger partial charge in [-0.05, 0) is 57.4 Å². The van der Waals surface area contributed by atoms with Gasteiger partial charge in [-0.25, -0.2) is 0 Å². The molecule has 0 saturated heterocycles. The smallest absolute Gasteiger partial charge is 0.278 e. The summed E-state index contributed by atoms with van der Waals surface area (Å²) in [5, 5.41) is 3.24. The van der Waals surface area contributed by atoms with Crippen molar-refractivity contribution in [3.63, 3.8) is 0 Å². The lowest BCUT2D eigenvalue weighted by atomic mass is 9.97. The lowest BCUT2D eigenvalue weighted by molar-refractivity contribution is -0.137. The molecule has 0 unspecified atom stereocenters. The van der Waals surface area contributed by atoms with Gasteiger partial charge in [-0.15, -0.1) is 0 Å². The lowest BCUT2D eigenvalue weighted by Crippen LogP contribution is -2.35. The molecular weight excluding hydrogens is 364 g/mol. The predicted molar refractivity (Wildman–Crippen MR) is 115 cm³/mol. The average molecular weight is 392 g/mol. The number of ether oxygens (including phenoxy) is 1. The van der Waals surface area contributed by atoms with Crippen LogP contribution in [0.2, 0.25) is 0 Å². The van der Waals surface area contributed by atoms with Crippen LogP contribution in [0.3, 0.4) is 0 Å². The Morgan fingerprint density at radius 1 is 0.966 bits per heavy atom. The van der Waals surface area contributed by atoms with Crippen molar-refractivity contribution in [2.75, 3.05) is 18.5 Å². The van der Waals surface area contributed by atoms with E-state index >= 15 is 0 Å². The topological polar surface area (TPSA) is 58.6 Å². The lowest BCUT2D eigenvalue weighted by Gasteiger charge is -2.17. The zero-order valence-electron chi connectivity index (χ0n) is 17.7. The van der Waals surface area contributed by atoms with Gasteiger partial charge in [0.15, 0.2) is 0 Å². The van der Waals surface area contributed by atoms with Gasteiger partial charge < -0.3 is 10.1 Å². The number of hydrogen-bond donors (Lipinski definition) is 1. The third-order valence-corrected chi connectivity index (χ3v) is 4.99. The third-order valence-electron chi connectivity index (χ3n) is 4.99. The summed E-state index contributed by atoms with van der Waals surface area (Å²) in [5.74, 6) is -0.606. The number of carbonyl (C=O) groups excluding carboxylic acids is 2. The summed E-state index contributed by atoms with van der Waals surface area (Å²) >= 11 is 0. The maximum atomic E-state index is 13.3. The van der Waals surface area contributed by atoms with Crippen molar-refractivity contribution in [2.24, 2.45) is 0 Å². The summed E-state index contributed by atoms with van der Waals surface area (Å²) in [6.07, 6.45) is 0.0409. The highest BCUT2D eigenvalue weighted by Crippen LogP contribution is 2.33. The highest BCUT2D eigenvalue weighted by Gasteiger charge is 2.39. The van der Waals surface area contributed by atoms with Crippen LogP contribution in [0.25, 0.3) is 5.57 Å². The molecule has 2 aromatic carbocycles. The first-order valence-electron chi connectivity index (χ1n) is 9.92. The summed E-state index contributed by atoms with van der Waals surface area (Å²) in [5.41, 5.74) is 5.40. The van der Waals surface area contributed by atoms with Crippen molar-refractivity contribution in [2.45, 2.75) is 40.7 Å². The standard InChI is InChI=1S/C24H28N2O3/c1-15(2)29-13-12-26-23(27)21(19-11-10-16(3)14-18(19)5)22(24(26)28)25-20-9-7-6-8-17(20)4/h6-11,14-15,25H,12-13H2,1-5H3.